The fourth-order valence-corrected chi connectivity index (χ4v) is 7.04. The van der Waals surface area contributed by atoms with Gasteiger partial charge in [-0.1, -0.05) is 56.2 Å². The molecule has 1 N–H and O–H groups in total. The Kier molecular flexibility index (Phi) is 7.88. The predicted octanol–water partition coefficient (Wildman–Crippen LogP) is 8.17. The first-order valence-electron chi connectivity index (χ1n) is 13.2. The molecule has 1 heterocycles. The molecule has 2 saturated carbocycles. The smallest absolute Gasteiger partial charge is 0.0892 e. The zero-order valence-electron chi connectivity index (χ0n) is 22.1. The van der Waals surface area contributed by atoms with Crippen molar-refractivity contribution in [1.29, 1.82) is 0 Å². The molecule has 182 valence electrons. The summed E-state index contributed by atoms with van der Waals surface area (Å²) in [5.74, 6) is 1.19. The van der Waals surface area contributed by atoms with Gasteiger partial charge in [-0.05, 0) is 115 Å². The van der Waals surface area contributed by atoms with E-state index in [1.54, 1.807) is 0 Å². The van der Waals surface area contributed by atoms with Gasteiger partial charge in [0.1, 0.15) is 0 Å². The fraction of sp³-hybridized carbons (Fsp3) is 0.800. The molecule has 1 saturated heterocycles. The molecule has 0 bridgehead atoms. The van der Waals surface area contributed by atoms with Crippen molar-refractivity contribution in [2.45, 2.75) is 130 Å². The normalized spacial score (nSPS) is 36.7. The molecule has 5 atom stereocenters. The summed E-state index contributed by atoms with van der Waals surface area (Å²) in [6, 6.07) is 0. The van der Waals surface area contributed by atoms with Crippen molar-refractivity contribution in [2.24, 2.45) is 22.7 Å². The van der Waals surface area contributed by atoms with Crippen LogP contribution in [0.1, 0.15) is 113 Å². The maximum Gasteiger partial charge on any atom is 0.0892 e. The molecule has 0 amide bonds. The fourth-order valence-electron chi connectivity index (χ4n) is 7.04. The molecule has 0 aromatic rings. The summed E-state index contributed by atoms with van der Waals surface area (Å²) < 4.78 is 5.70. The molecule has 2 heteroatoms. The molecule has 2 aliphatic carbocycles. The van der Waals surface area contributed by atoms with Crippen LogP contribution in [-0.4, -0.2) is 22.9 Å². The summed E-state index contributed by atoms with van der Waals surface area (Å²) in [5, 5.41) is 10.7. The third-order valence-corrected chi connectivity index (χ3v) is 9.50. The van der Waals surface area contributed by atoms with Crippen LogP contribution in [0.4, 0.5) is 0 Å². The number of ether oxygens (including phenoxy) is 1. The largest absolute Gasteiger partial charge is 0.393 e. The first-order chi connectivity index (χ1) is 14.9. The van der Waals surface area contributed by atoms with E-state index in [1.165, 1.54) is 29.6 Å². The van der Waals surface area contributed by atoms with E-state index in [1.807, 2.05) is 0 Å². The van der Waals surface area contributed by atoms with E-state index in [0.29, 0.717) is 23.4 Å². The quantitative estimate of drug-likeness (QED) is 0.288. The molecule has 0 radical (unpaired) electrons. The van der Waals surface area contributed by atoms with E-state index >= 15 is 0 Å². The average molecular weight is 443 g/mol. The van der Waals surface area contributed by atoms with Gasteiger partial charge in [0.25, 0.3) is 0 Å². The van der Waals surface area contributed by atoms with Crippen molar-refractivity contribution in [2.75, 3.05) is 0 Å². The molecule has 1 aliphatic heterocycles. The van der Waals surface area contributed by atoms with Gasteiger partial charge in [0.05, 0.1) is 17.8 Å². The monoisotopic (exact) mass is 442 g/mol. The topological polar surface area (TPSA) is 32.8 Å². The molecule has 3 rings (SSSR count). The first-order valence-corrected chi connectivity index (χ1v) is 13.2. The lowest BCUT2D eigenvalue weighted by atomic mass is 9.46. The Balaban J connectivity index is 1.47. The summed E-state index contributed by atoms with van der Waals surface area (Å²) in [5.41, 5.74) is 4.91. The molecular formula is C30H50O2. The lowest BCUT2D eigenvalue weighted by molar-refractivity contribution is -0.124. The number of fused-ring (bicyclic) bond motifs is 1. The van der Waals surface area contributed by atoms with Crippen LogP contribution >= 0.6 is 0 Å². The van der Waals surface area contributed by atoms with Crippen LogP contribution in [0, 0.1) is 22.7 Å². The van der Waals surface area contributed by atoms with Crippen molar-refractivity contribution in [3.8, 4) is 0 Å². The van der Waals surface area contributed by atoms with Gasteiger partial charge in [-0.2, -0.15) is 0 Å². The molecule has 32 heavy (non-hydrogen) atoms. The molecule has 0 aromatic heterocycles. The van der Waals surface area contributed by atoms with Crippen molar-refractivity contribution >= 4 is 0 Å². The minimum Gasteiger partial charge on any atom is -0.393 e. The van der Waals surface area contributed by atoms with Crippen LogP contribution in [0.3, 0.4) is 0 Å². The van der Waals surface area contributed by atoms with Crippen LogP contribution in [0.25, 0.3) is 0 Å². The van der Waals surface area contributed by atoms with Gasteiger partial charge >= 0.3 is 0 Å². The predicted molar refractivity (Wildman–Crippen MR) is 137 cm³/mol. The average Bonchev–Trinajstić information content (AvgIpc) is 3.32. The van der Waals surface area contributed by atoms with E-state index < -0.39 is 0 Å². The number of aliphatic hydroxyl groups excluding tert-OH is 1. The molecule has 0 aromatic carbocycles. The second-order valence-corrected chi connectivity index (χ2v) is 12.6. The highest BCUT2D eigenvalue weighted by atomic mass is 16.6. The number of rotatable bonds is 9. The highest BCUT2D eigenvalue weighted by molar-refractivity contribution is 5.17. The maximum absolute atomic E-state index is 10.7. The van der Waals surface area contributed by atoms with Crippen LogP contribution in [0.15, 0.2) is 35.5 Å². The van der Waals surface area contributed by atoms with Crippen LogP contribution in [-0.2, 0) is 4.74 Å². The van der Waals surface area contributed by atoms with E-state index in [0.717, 1.165) is 51.4 Å². The lowest BCUT2D eigenvalue weighted by Crippen LogP contribution is -2.54. The summed E-state index contributed by atoms with van der Waals surface area (Å²) in [7, 11) is 0. The van der Waals surface area contributed by atoms with Crippen molar-refractivity contribution in [1.82, 2.24) is 0 Å². The Labute approximate surface area is 198 Å². The van der Waals surface area contributed by atoms with Gasteiger partial charge in [0.2, 0.25) is 0 Å². The van der Waals surface area contributed by atoms with Crippen LogP contribution in [0.5, 0.6) is 0 Å². The van der Waals surface area contributed by atoms with Gasteiger partial charge in [-0.25, -0.2) is 0 Å². The Morgan fingerprint density at radius 3 is 2.28 bits per heavy atom. The van der Waals surface area contributed by atoms with Gasteiger partial charge < -0.3 is 9.84 Å². The van der Waals surface area contributed by atoms with Gasteiger partial charge in [-0.15, -0.1) is 0 Å². The first kappa shape index (κ1) is 25.8. The minimum absolute atomic E-state index is 0.0171. The Hall–Kier alpha value is -0.860. The van der Waals surface area contributed by atoms with E-state index in [9.17, 15) is 5.11 Å². The number of allylic oxidation sites excluding steroid dienone is 5. The third kappa shape index (κ3) is 5.61. The van der Waals surface area contributed by atoms with Gasteiger partial charge in [0.15, 0.2) is 0 Å². The number of hydrogen-bond acceptors (Lipinski definition) is 2. The zero-order valence-corrected chi connectivity index (χ0v) is 22.1. The maximum atomic E-state index is 10.7. The van der Waals surface area contributed by atoms with E-state index in [-0.39, 0.29) is 17.1 Å². The SMILES string of the molecule is C=C1CC[C@H]2C(C)(C)[C@@H](O)CC[C@]2(C)[C@H]1CC/C=C(\C)CC/C=C(\C)CC[C@@H]1OC1(C)C. The second kappa shape index (κ2) is 9.79. The third-order valence-electron chi connectivity index (χ3n) is 9.50. The molecule has 0 unspecified atom stereocenters. The minimum atomic E-state index is -0.158. The number of aliphatic hydroxyl groups is 1. The lowest BCUT2D eigenvalue weighted by Gasteiger charge is -2.59. The van der Waals surface area contributed by atoms with Crippen LogP contribution < -0.4 is 0 Å². The van der Waals surface area contributed by atoms with Crippen molar-refractivity contribution in [3.63, 3.8) is 0 Å². The summed E-state index contributed by atoms with van der Waals surface area (Å²) in [6.07, 6.45) is 16.6. The molecule has 3 fully saturated rings. The summed E-state index contributed by atoms with van der Waals surface area (Å²) in [4.78, 5) is 0. The van der Waals surface area contributed by atoms with Crippen molar-refractivity contribution in [3.05, 3.63) is 35.5 Å². The Morgan fingerprint density at radius 2 is 1.62 bits per heavy atom. The van der Waals surface area contributed by atoms with Crippen LogP contribution in [0.2, 0.25) is 0 Å². The molecule has 2 nitrogen and oxygen atoms in total. The van der Waals surface area contributed by atoms with Gasteiger partial charge in [0, 0.05) is 0 Å². The number of epoxide rings is 1. The van der Waals surface area contributed by atoms with Gasteiger partial charge in [-0.3, -0.25) is 0 Å². The Bertz CT molecular complexity index is 740. The molecule has 0 spiro atoms. The highest BCUT2D eigenvalue weighted by Crippen LogP contribution is 2.61. The summed E-state index contributed by atoms with van der Waals surface area (Å²) >= 11 is 0. The standard InChI is InChI=1S/C30H50O2/c1-21(11-9-12-22(2)15-18-27-29(6,7)32-27)13-10-14-24-23(3)16-17-25-28(4,5)26(31)19-20-30(24,25)8/h12-13,24-27,31H,3,9-11,14-20H2,1-2,4-8H3/b21-13+,22-12+/t24-,25-,26-,27-,30+/m0/s1. The Morgan fingerprint density at radius 1 is 1.00 bits per heavy atom. The second-order valence-electron chi connectivity index (χ2n) is 12.6. The highest BCUT2D eigenvalue weighted by Gasteiger charge is 2.55. The van der Waals surface area contributed by atoms with E-state index in [4.69, 9.17) is 4.74 Å². The summed E-state index contributed by atoms with van der Waals surface area (Å²) in [6.45, 7) is 20.5. The molecule has 3 aliphatic rings. The van der Waals surface area contributed by atoms with Crippen molar-refractivity contribution < 1.29 is 9.84 Å². The zero-order chi connectivity index (χ0) is 23.7. The van der Waals surface area contributed by atoms with E-state index in [2.05, 4.69) is 67.2 Å². The number of hydrogen-bond donors (Lipinski definition) is 1. The molecular weight excluding hydrogens is 392 g/mol.